The van der Waals surface area contributed by atoms with Gasteiger partial charge in [-0.2, -0.15) is 0 Å². The predicted molar refractivity (Wildman–Crippen MR) is 97.8 cm³/mol. The summed E-state index contributed by atoms with van der Waals surface area (Å²) < 4.78 is 25.1. The Morgan fingerprint density at radius 2 is 1.61 bits per heavy atom. The van der Waals surface area contributed by atoms with Crippen molar-refractivity contribution in [2.45, 2.75) is 58.5 Å². The van der Waals surface area contributed by atoms with E-state index in [4.69, 9.17) is 0 Å². The molecule has 0 amide bonds. The van der Waals surface area contributed by atoms with Gasteiger partial charge in [-0.15, -0.1) is 11.3 Å². The van der Waals surface area contributed by atoms with E-state index in [-0.39, 0.29) is 16.9 Å². The Morgan fingerprint density at radius 1 is 1.04 bits per heavy atom. The van der Waals surface area contributed by atoms with Crippen LogP contribution in [0.4, 0.5) is 0 Å². The monoisotopic (exact) mass is 351 g/mol. The third kappa shape index (κ3) is 4.64. The molecule has 0 aliphatic heterocycles. The standard InChI is InChI=1S/C18H25NO2S2/c1-12-7-15(18(4,5)6)8-13(2)17(12)11-23(20,21)10-16-9-22-14(3)19-16/h7-9H,10-11H2,1-6H3. The van der Waals surface area contributed by atoms with E-state index in [1.165, 1.54) is 16.9 Å². The van der Waals surface area contributed by atoms with Crippen LogP contribution in [0.1, 0.15) is 53.7 Å². The summed E-state index contributed by atoms with van der Waals surface area (Å²) in [5.41, 5.74) is 4.97. The van der Waals surface area contributed by atoms with Crippen LogP contribution in [0.3, 0.4) is 0 Å². The van der Waals surface area contributed by atoms with E-state index in [1.807, 2.05) is 26.2 Å². The molecule has 0 saturated heterocycles. The van der Waals surface area contributed by atoms with Gasteiger partial charge in [0, 0.05) is 5.38 Å². The van der Waals surface area contributed by atoms with Crippen LogP contribution < -0.4 is 0 Å². The second kappa shape index (κ2) is 6.36. The molecule has 0 unspecified atom stereocenters. The van der Waals surface area contributed by atoms with Gasteiger partial charge in [0.1, 0.15) is 0 Å². The van der Waals surface area contributed by atoms with E-state index >= 15 is 0 Å². The minimum Gasteiger partial charge on any atom is -0.246 e. The molecule has 1 aromatic heterocycles. The number of benzene rings is 1. The number of thiazole rings is 1. The smallest absolute Gasteiger partial charge is 0.160 e. The maximum absolute atomic E-state index is 12.5. The van der Waals surface area contributed by atoms with Crippen LogP contribution in [0.5, 0.6) is 0 Å². The lowest BCUT2D eigenvalue weighted by molar-refractivity contribution is 0.588. The molecular formula is C18H25NO2S2. The van der Waals surface area contributed by atoms with Crippen LogP contribution in [0.25, 0.3) is 0 Å². The van der Waals surface area contributed by atoms with E-state index in [0.717, 1.165) is 21.7 Å². The van der Waals surface area contributed by atoms with E-state index in [9.17, 15) is 8.42 Å². The molecule has 0 N–H and O–H groups in total. The maximum Gasteiger partial charge on any atom is 0.160 e. The minimum absolute atomic E-state index is 0.0112. The highest BCUT2D eigenvalue weighted by atomic mass is 32.2. The molecule has 3 nitrogen and oxygen atoms in total. The number of nitrogens with zero attached hydrogens (tertiary/aromatic N) is 1. The third-order valence-corrected chi connectivity index (χ3v) is 6.25. The lowest BCUT2D eigenvalue weighted by atomic mass is 9.84. The van der Waals surface area contributed by atoms with Gasteiger partial charge >= 0.3 is 0 Å². The first kappa shape index (κ1) is 18.1. The molecule has 0 saturated carbocycles. The average molecular weight is 352 g/mol. The first-order valence-electron chi connectivity index (χ1n) is 7.70. The Bertz CT molecular complexity index is 789. The molecule has 1 aromatic carbocycles. The fourth-order valence-corrected chi connectivity index (χ4v) is 4.94. The molecule has 126 valence electrons. The fourth-order valence-electron chi connectivity index (χ4n) is 2.62. The van der Waals surface area contributed by atoms with Gasteiger partial charge in [-0.1, -0.05) is 32.9 Å². The molecule has 0 aliphatic carbocycles. The predicted octanol–water partition coefficient (Wildman–Crippen LogP) is 4.48. The molecule has 0 aliphatic rings. The largest absolute Gasteiger partial charge is 0.246 e. The van der Waals surface area contributed by atoms with Gasteiger partial charge in [-0.25, -0.2) is 13.4 Å². The molecular weight excluding hydrogens is 326 g/mol. The van der Waals surface area contributed by atoms with Gasteiger partial charge in [0.05, 0.1) is 22.2 Å². The van der Waals surface area contributed by atoms with Gasteiger partial charge in [0.25, 0.3) is 0 Å². The molecule has 0 fully saturated rings. The zero-order chi connectivity index (χ0) is 17.4. The number of rotatable bonds is 4. The first-order chi connectivity index (χ1) is 10.5. The fraction of sp³-hybridized carbons (Fsp3) is 0.500. The van der Waals surface area contributed by atoms with Crippen molar-refractivity contribution in [3.05, 3.63) is 50.5 Å². The van der Waals surface area contributed by atoms with Crippen LogP contribution in [0.15, 0.2) is 17.5 Å². The molecule has 2 aromatic rings. The number of aromatic nitrogens is 1. The molecule has 5 heteroatoms. The highest BCUT2D eigenvalue weighted by Crippen LogP contribution is 2.28. The van der Waals surface area contributed by atoms with Crippen molar-refractivity contribution >= 4 is 21.2 Å². The second-order valence-corrected chi connectivity index (χ2v) is 10.4. The van der Waals surface area contributed by atoms with Gasteiger partial charge in [0.15, 0.2) is 9.84 Å². The summed E-state index contributed by atoms with van der Waals surface area (Å²) in [5.74, 6) is 0.0862. The van der Waals surface area contributed by atoms with Gasteiger partial charge < -0.3 is 0 Å². The average Bonchev–Trinajstić information content (AvgIpc) is 2.77. The molecule has 0 atom stereocenters. The number of sulfone groups is 1. The summed E-state index contributed by atoms with van der Waals surface area (Å²) in [6.07, 6.45) is 0. The zero-order valence-electron chi connectivity index (χ0n) is 14.7. The molecule has 1 heterocycles. The van der Waals surface area contributed by atoms with Crippen LogP contribution >= 0.6 is 11.3 Å². The highest BCUT2D eigenvalue weighted by molar-refractivity contribution is 7.89. The quantitative estimate of drug-likeness (QED) is 0.816. The minimum atomic E-state index is -3.22. The van der Waals surface area contributed by atoms with Crippen molar-refractivity contribution in [1.82, 2.24) is 4.98 Å². The van der Waals surface area contributed by atoms with E-state index in [2.05, 4.69) is 37.9 Å². The maximum atomic E-state index is 12.5. The Hall–Kier alpha value is -1.20. The van der Waals surface area contributed by atoms with Crippen molar-refractivity contribution in [3.63, 3.8) is 0 Å². The Balaban J connectivity index is 2.29. The molecule has 23 heavy (non-hydrogen) atoms. The van der Waals surface area contributed by atoms with Gasteiger partial charge in [-0.3, -0.25) is 0 Å². The van der Waals surface area contributed by atoms with Crippen molar-refractivity contribution in [2.75, 3.05) is 0 Å². The SMILES string of the molecule is Cc1nc(CS(=O)(=O)Cc2c(C)cc(C(C)(C)C)cc2C)cs1. The Labute approximate surface area is 143 Å². The Kier molecular flexibility index (Phi) is 5.02. The van der Waals surface area contributed by atoms with Crippen LogP contribution in [-0.4, -0.2) is 13.4 Å². The van der Waals surface area contributed by atoms with Gasteiger partial charge in [0.2, 0.25) is 0 Å². The summed E-state index contributed by atoms with van der Waals surface area (Å²) in [4.78, 5) is 4.27. The topological polar surface area (TPSA) is 47.0 Å². The van der Waals surface area contributed by atoms with Gasteiger partial charge in [-0.05, 0) is 48.4 Å². The van der Waals surface area contributed by atoms with Crippen molar-refractivity contribution in [1.29, 1.82) is 0 Å². The summed E-state index contributed by atoms with van der Waals surface area (Å²) in [5, 5.41) is 2.73. The van der Waals surface area contributed by atoms with Crippen LogP contribution in [0, 0.1) is 20.8 Å². The zero-order valence-corrected chi connectivity index (χ0v) is 16.4. The van der Waals surface area contributed by atoms with E-state index in [1.54, 1.807) is 0 Å². The summed E-state index contributed by atoms with van der Waals surface area (Å²) in [6, 6.07) is 4.23. The molecule has 0 bridgehead atoms. The normalized spacial score (nSPS) is 12.6. The third-order valence-electron chi connectivity index (χ3n) is 3.96. The van der Waals surface area contributed by atoms with Crippen molar-refractivity contribution < 1.29 is 8.42 Å². The summed E-state index contributed by atoms with van der Waals surface area (Å²) in [7, 11) is -3.22. The highest BCUT2D eigenvalue weighted by Gasteiger charge is 2.20. The van der Waals surface area contributed by atoms with Crippen molar-refractivity contribution in [2.24, 2.45) is 0 Å². The number of aryl methyl sites for hydroxylation is 3. The van der Waals surface area contributed by atoms with Crippen LogP contribution in [-0.2, 0) is 26.8 Å². The number of hydrogen-bond donors (Lipinski definition) is 0. The summed E-state index contributed by atoms with van der Waals surface area (Å²) in [6.45, 7) is 12.4. The van der Waals surface area contributed by atoms with E-state index in [0.29, 0.717) is 5.69 Å². The lowest BCUT2D eigenvalue weighted by Crippen LogP contribution is -2.14. The molecule has 0 radical (unpaired) electrons. The Morgan fingerprint density at radius 3 is 2.04 bits per heavy atom. The van der Waals surface area contributed by atoms with E-state index < -0.39 is 9.84 Å². The molecule has 2 rings (SSSR count). The summed E-state index contributed by atoms with van der Waals surface area (Å²) >= 11 is 1.49. The molecule has 0 spiro atoms. The van der Waals surface area contributed by atoms with Crippen molar-refractivity contribution in [3.8, 4) is 0 Å². The lowest BCUT2D eigenvalue weighted by Gasteiger charge is -2.22. The first-order valence-corrected chi connectivity index (χ1v) is 10.4. The number of hydrogen-bond acceptors (Lipinski definition) is 4. The second-order valence-electron chi connectivity index (χ2n) is 7.23. The van der Waals surface area contributed by atoms with Crippen LogP contribution in [0.2, 0.25) is 0 Å².